The number of hydrogen-bond acceptors (Lipinski definition) is 6. The van der Waals surface area contributed by atoms with E-state index in [1.54, 1.807) is 24.3 Å². The summed E-state index contributed by atoms with van der Waals surface area (Å²) in [5.41, 5.74) is 3.45. The first kappa shape index (κ1) is 27.5. The van der Waals surface area contributed by atoms with E-state index in [1.807, 2.05) is 91.9 Å². The molecule has 0 saturated carbocycles. The number of ether oxygens (including phenoxy) is 4. The van der Waals surface area contributed by atoms with Gasteiger partial charge in [-0.15, -0.1) is 0 Å². The smallest absolute Gasteiger partial charge is 0.308 e. The van der Waals surface area contributed by atoms with E-state index >= 15 is 0 Å². The zero-order valence-corrected chi connectivity index (χ0v) is 22.1. The van der Waals surface area contributed by atoms with Crippen LogP contribution >= 0.6 is 0 Å². The predicted octanol–water partition coefficient (Wildman–Crippen LogP) is 6.92. The van der Waals surface area contributed by atoms with Gasteiger partial charge in [-0.3, -0.25) is 4.79 Å². The van der Waals surface area contributed by atoms with Crippen LogP contribution in [-0.2, 0) is 18.0 Å². The average Bonchev–Trinajstić information content (AvgIpc) is 2.95. The van der Waals surface area contributed by atoms with Crippen LogP contribution in [0, 0.1) is 0 Å². The molecule has 4 aromatic carbocycles. The monoisotopic (exact) mass is 524 g/mol. The van der Waals surface area contributed by atoms with E-state index in [-0.39, 0.29) is 0 Å². The number of rotatable bonds is 12. The molecule has 0 amide bonds. The van der Waals surface area contributed by atoms with Crippen LogP contribution in [0.4, 0.5) is 0 Å². The first-order chi connectivity index (χ1) is 19.0. The van der Waals surface area contributed by atoms with Gasteiger partial charge >= 0.3 is 5.97 Å². The van der Waals surface area contributed by atoms with Crippen molar-refractivity contribution in [2.24, 2.45) is 0 Å². The molecule has 4 aromatic rings. The average molecular weight is 525 g/mol. The lowest BCUT2D eigenvalue weighted by molar-refractivity contribution is -0.131. The number of carbonyl (C=O) groups excluding carboxylic acids is 1. The van der Waals surface area contributed by atoms with Gasteiger partial charge in [0.15, 0.2) is 0 Å². The predicted molar refractivity (Wildman–Crippen MR) is 151 cm³/mol. The van der Waals surface area contributed by atoms with E-state index in [9.17, 15) is 9.90 Å². The van der Waals surface area contributed by atoms with Crippen molar-refractivity contribution in [2.45, 2.75) is 33.2 Å². The topological polar surface area (TPSA) is 74.2 Å². The van der Waals surface area contributed by atoms with E-state index in [0.29, 0.717) is 48.4 Å². The highest BCUT2D eigenvalue weighted by Gasteiger charge is 2.14. The largest absolute Gasteiger partial charge is 0.493 e. The minimum absolute atomic E-state index is 0.355. The van der Waals surface area contributed by atoms with E-state index < -0.39 is 12.1 Å². The highest BCUT2D eigenvalue weighted by molar-refractivity contribution is 5.69. The highest BCUT2D eigenvalue weighted by Crippen LogP contribution is 2.33. The van der Waals surface area contributed by atoms with Crippen molar-refractivity contribution in [3.05, 3.63) is 125 Å². The molecule has 4 rings (SSSR count). The third kappa shape index (κ3) is 8.22. The summed E-state index contributed by atoms with van der Waals surface area (Å²) in [6, 6.07) is 30.4. The molecule has 6 nitrogen and oxygen atoms in total. The Kier molecular flexibility index (Phi) is 9.75. The third-order valence-electron chi connectivity index (χ3n) is 5.79. The number of benzene rings is 4. The van der Waals surface area contributed by atoms with Crippen LogP contribution in [0.15, 0.2) is 103 Å². The van der Waals surface area contributed by atoms with Crippen molar-refractivity contribution in [2.75, 3.05) is 6.61 Å². The summed E-state index contributed by atoms with van der Waals surface area (Å²) in [4.78, 5) is 11.3. The maximum Gasteiger partial charge on any atom is 0.308 e. The molecule has 200 valence electrons. The fraction of sp³-hybridized carbons (Fsp3) is 0.182. The number of esters is 1. The van der Waals surface area contributed by atoms with Crippen molar-refractivity contribution < 1.29 is 28.8 Å². The molecule has 1 atom stereocenters. The van der Waals surface area contributed by atoms with Gasteiger partial charge in [-0.05, 0) is 42.3 Å². The summed E-state index contributed by atoms with van der Waals surface area (Å²) < 4.78 is 23.0. The minimum atomic E-state index is -0.964. The number of aliphatic hydroxyl groups excluding tert-OH is 1. The molecule has 0 heterocycles. The third-order valence-corrected chi connectivity index (χ3v) is 5.79. The summed E-state index contributed by atoms with van der Waals surface area (Å²) >= 11 is 0. The molecule has 0 aromatic heterocycles. The van der Waals surface area contributed by atoms with Crippen LogP contribution in [0.5, 0.6) is 23.0 Å². The molecule has 6 heteroatoms. The molecule has 0 spiro atoms. The van der Waals surface area contributed by atoms with Crippen molar-refractivity contribution in [3.63, 3.8) is 0 Å². The maximum atomic E-state index is 11.3. The van der Waals surface area contributed by atoms with Crippen LogP contribution in [0.25, 0.3) is 6.08 Å². The summed E-state index contributed by atoms with van der Waals surface area (Å²) in [5.74, 6) is 1.68. The van der Waals surface area contributed by atoms with Gasteiger partial charge in [-0.25, -0.2) is 0 Å². The molecule has 0 aliphatic heterocycles. The van der Waals surface area contributed by atoms with Gasteiger partial charge in [0, 0.05) is 30.2 Å². The SMILES string of the molecule is CCOc1cc(OC(C)=O)ccc1C(O)C=Cc1ccc(OCc2ccccc2)cc1OCc1ccccc1. The van der Waals surface area contributed by atoms with Crippen LogP contribution < -0.4 is 18.9 Å². The quantitative estimate of drug-likeness (QED) is 0.160. The van der Waals surface area contributed by atoms with Gasteiger partial charge in [0.25, 0.3) is 0 Å². The molecule has 0 aliphatic carbocycles. The fourth-order valence-electron chi connectivity index (χ4n) is 3.91. The Morgan fingerprint density at radius 1 is 0.769 bits per heavy atom. The molecule has 0 radical (unpaired) electrons. The lowest BCUT2D eigenvalue weighted by Gasteiger charge is -2.15. The molecular formula is C33H32O6. The van der Waals surface area contributed by atoms with Crippen LogP contribution in [-0.4, -0.2) is 17.7 Å². The standard InChI is InChI=1S/C33H32O6/c1-3-36-33-21-29(39-24(2)34)17-18-30(33)31(35)19-15-27-14-16-28(37-22-25-10-6-4-7-11-25)20-32(27)38-23-26-12-8-5-9-13-26/h4-21,31,35H,3,22-23H2,1-2H3. The Morgan fingerprint density at radius 3 is 2.03 bits per heavy atom. The number of aliphatic hydroxyl groups is 1. The Labute approximate surface area is 229 Å². The van der Waals surface area contributed by atoms with Crippen molar-refractivity contribution >= 4 is 12.0 Å². The van der Waals surface area contributed by atoms with Crippen molar-refractivity contribution in [3.8, 4) is 23.0 Å². The zero-order chi connectivity index (χ0) is 27.5. The molecule has 1 unspecified atom stereocenters. The van der Waals surface area contributed by atoms with Gasteiger partial charge < -0.3 is 24.1 Å². The van der Waals surface area contributed by atoms with Crippen LogP contribution in [0.1, 0.15) is 42.2 Å². The maximum absolute atomic E-state index is 11.3. The lowest BCUT2D eigenvalue weighted by atomic mass is 10.1. The molecule has 0 saturated heterocycles. The van der Waals surface area contributed by atoms with Gasteiger partial charge in [0.2, 0.25) is 0 Å². The Hall–Kier alpha value is -4.55. The van der Waals surface area contributed by atoms with Gasteiger partial charge in [0.05, 0.1) is 6.61 Å². The first-order valence-corrected chi connectivity index (χ1v) is 12.8. The van der Waals surface area contributed by atoms with Crippen LogP contribution in [0.2, 0.25) is 0 Å². The second-order valence-corrected chi connectivity index (χ2v) is 8.78. The lowest BCUT2D eigenvalue weighted by Crippen LogP contribution is -2.04. The van der Waals surface area contributed by atoms with Gasteiger partial charge in [0.1, 0.15) is 42.3 Å². The molecular weight excluding hydrogens is 492 g/mol. The second-order valence-electron chi connectivity index (χ2n) is 8.78. The Bertz CT molecular complexity index is 1380. The van der Waals surface area contributed by atoms with Crippen LogP contribution in [0.3, 0.4) is 0 Å². The van der Waals surface area contributed by atoms with E-state index in [4.69, 9.17) is 18.9 Å². The zero-order valence-electron chi connectivity index (χ0n) is 22.1. The Morgan fingerprint density at radius 2 is 1.38 bits per heavy atom. The first-order valence-electron chi connectivity index (χ1n) is 12.8. The van der Waals surface area contributed by atoms with E-state index in [1.165, 1.54) is 6.92 Å². The molecule has 0 fully saturated rings. The van der Waals surface area contributed by atoms with Gasteiger partial charge in [-0.2, -0.15) is 0 Å². The summed E-state index contributed by atoms with van der Waals surface area (Å²) in [6.07, 6.45) is 2.51. The highest BCUT2D eigenvalue weighted by atomic mass is 16.5. The molecule has 1 N–H and O–H groups in total. The summed E-state index contributed by atoms with van der Waals surface area (Å²) in [7, 11) is 0. The summed E-state index contributed by atoms with van der Waals surface area (Å²) in [6.45, 7) is 4.41. The fourth-order valence-corrected chi connectivity index (χ4v) is 3.91. The van der Waals surface area contributed by atoms with E-state index in [0.717, 1.165) is 16.7 Å². The Balaban J connectivity index is 1.55. The minimum Gasteiger partial charge on any atom is -0.493 e. The van der Waals surface area contributed by atoms with Gasteiger partial charge in [-0.1, -0.05) is 72.8 Å². The second kappa shape index (κ2) is 13.8. The van der Waals surface area contributed by atoms with E-state index in [2.05, 4.69) is 0 Å². The summed E-state index contributed by atoms with van der Waals surface area (Å²) in [5, 5.41) is 11.0. The van der Waals surface area contributed by atoms with Crippen molar-refractivity contribution in [1.82, 2.24) is 0 Å². The molecule has 0 aliphatic rings. The normalized spacial score (nSPS) is 11.7. The van der Waals surface area contributed by atoms with Crippen molar-refractivity contribution in [1.29, 1.82) is 0 Å². The molecule has 39 heavy (non-hydrogen) atoms. The number of hydrogen-bond donors (Lipinski definition) is 1. The molecule has 0 bridgehead atoms. The number of carbonyl (C=O) groups is 1.